The van der Waals surface area contributed by atoms with Gasteiger partial charge in [0.25, 0.3) is 0 Å². The first-order chi connectivity index (χ1) is 13.2. The number of anilines is 1. The van der Waals surface area contributed by atoms with E-state index in [1.54, 1.807) is 12.3 Å². The minimum Gasteiger partial charge on any atom is -0.321 e. The van der Waals surface area contributed by atoms with E-state index in [1.807, 2.05) is 54.2 Å². The number of aromatic amines is 1. The number of carbonyl (C=O) groups is 1. The van der Waals surface area contributed by atoms with Crippen LogP contribution < -0.4 is 5.32 Å². The summed E-state index contributed by atoms with van der Waals surface area (Å²) in [5.74, 6) is -0.161. The third-order valence-electron chi connectivity index (χ3n) is 4.62. The van der Waals surface area contributed by atoms with Gasteiger partial charge >= 0.3 is 0 Å². The lowest BCUT2D eigenvalue weighted by atomic mass is 10.2. The molecule has 0 saturated heterocycles. The second-order valence-electron chi connectivity index (χ2n) is 6.56. The molecule has 0 spiro atoms. The number of para-hydroxylation sites is 2. The van der Waals surface area contributed by atoms with E-state index >= 15 is 0 Å². The molecule has 5 rings (SSSR count). The third kappa shape index (κ3) is 2.60. The molecule has 1 amide bonds. The Morgan fingerprint density at radius 3 is 2.93 bits per heavy atom. The molecule has 1 aliphatic heterocycles. The zero-order chi connectivity index (χ0) is 18.4. The number of carbonyl (C=O) groups excluding carboxylic acids is 1. The molecule has 132 valence electrons. The summed E-state index contributed by atoms with van der Waals surface area (Å²) < 4.78 is 1.82. The smallest absolute Gasteiger partial charge is 0.250 e. The Hall–Kier alpha value is -3.74. The second kappa shape index (κ2) is 5.91. The summed E-state index contributed by atoms with van der Waals surface area (Å²) >= 11 is 0. The Morgan fingerprint density at radius 1 is 1.15 bits per heavy atom. The van der Waals surface area contributed by atoms with E-state index in [4.69, 9.17) is 4.99 Å². The van der Waals surface area contributed by atoms with Crippen LogP contribution in [0.1, 0.15) is 13.3 Å². The van der Waals surface area contributed by atoms with E-state index in [-0.39, 0.29) is 5.91 Å². The van der Waals surface area contributed by atoms with Gasteiger partial charge in [0, 0.05) is 29.0 Å². The molecule has 1 aliphatic rings. The van der Waals surface area contributed by atoms with Crippen LogP contribution in [0.15, 0.2) is 59.9 Å². The number of hydrogen-bond acceptors (Lipinski definition) is 4. The fraction of sp³-hybridized carbons (Fsp3) is 0.100. The molecule has 2 aromatic carbocycles. The van der Waals surface area contributed by atoms with Crippen LogP contribution in [-0.4, -0.2) is 31.6 Å². The Kier molecular flexibility index (Phi) is 3.39. The van der Waals surface area contributed by atoms with Crippen molar-refractivity contribution in [1.29, 1.82) is 0 Å². The molecule has 0 aliphatic carbocycles. The van der Waals surface area contributed by atoms with Crippen molar-refractivity contribution in [2.75, 3.05) is 5.32 Å². The first kappa shape index (κ1) is 15.5. The van der Waals surface area contributed by atoms with Crippen LogP contribution in [-0.2, 0) is 4.79 Å². The minimum atomic E-state index is -0.161. The van der Waals surface area contributed by atoms with E-state index in [2.05, 4.69) is 20.6 Å². The predicted molar refractivity (Wildman–Crippen MR) is 106 cm³/mol. The van der Waals surface area contributed by atoms with Crippen molar-refractivity contribution in [2.45, 2.75) is 13.3 Å². The highest BCUT2D eigenvalue weighted by atomic mass is 16.1. The van der Waals surface area contributed by atoms with Crippen molar-refractivity contribution < 1.29 is 4.79 Å². The van der Waals surface area contributed by atoms with Gasteiger partial charge in [0.05, 0.1) is 40.5 Å². The molecule has 3 heterocycles. The summed E-state index contributed by atoms with van der Waals surface area (Å²) in [6.07, 6.45) is 5.67. The van der Waals surface area contributed by atoms with Crippen molar-refractivity contribution in [3.05, 3.63) is 54.9 Å². The van der Waals surface area contributed by atoms with Gasteiger partial charge in [-0.3, -0.25) is 14.9 Å². The molecule has 0 unspecified atom stereocenters. The largest absolute Gasteiger partial charge is 0.321 e. The number of nitrogens with zero attached hydrogens (tertiary/aromatic N) is 4. The summed E-state index contributed by atoms with van der Waals surface area (Å²) in [4.78, 5) is 17.0. The Bertz CT molecular complexity index is 1260. The lowest BCUT2D eigenvalue weighted by molar-refractivity contribution is -0.111. The molecule has 2 N–H and O–H groups in total. The number of allylic oxidation sites excluding steroid dienone is 1. The van der Waals surface area contributed by atoms with Gasteiger partial charge < -0.3 is 5.32 Å². The fourth-order valence-corrected chi connectivity index (χ4v) is 3.46. The van der Waals surface area contributed by atoms with Crippen LogP contribution in [0.2, 0.25) is 0 Å². The average Bonchev–Trinajstić information content (AvgIpc) is 3.26. The number of H-pyrrole nitrogens is 1. The van der Waals surface area contributed by atoms with Crippen molar-refractivity contribution >= 4 is 50.5 Å². The zero-order valence-corrected chi connectivity index (χ0v) is 14.6. The Labute approximate surface area is 154 Å². The van der Waals surface area contributed by atoms with Gasteiger partial charge in [0.15, 0.2) is 0 Å². The average molecular weight is 356 g/mol. The normalized spacial score (nSPS) is 14.3. The number of nitrogens with one attached hydrogen (secondary N) is 2. The molecule has 2 aromatic heterocycles. The second-order valence-corrected chi connectivity index (χ2v) is 6.56. The van der Waals surface area contributed by atoms with Gasteiger partial charge in [0.2, 0.25) is 5.91 Å². The van der Waals surface area contributed by atoms with Crippen LogP contribution in [0.3, 0.4) is 0 Å². The Morgan fingerprint density at radius 2 is 2.00 bits per heavy atom. The standard InChI is InChI=1S/C20H16N6O/c1-12(23-16-6-2-4-13-10-21-25-19(13)16)8-15-9-18(27)24-17-7-3-5-14-11-22-26(15)20(14)17/h2-7,9-11H,8H2,1H3,(H,21,25)(H,24,27). The van der Waals surface area contributed by atoms with Crippen molar-refractivity contribution in [1.82, 2.24) is 20.0 Å². The van der Waals surface area contributed by atoms with Crippen LogP contribution >= 0.6 is 0 Å². The quantitative estimate of drug-likeness (QED) is 0.546. The highest BCUT2D eigenvalue weighted by Gasteiger charge is 2.18. The number of aromatic nitrogens is 4. The summed E-state index contributed by atoms with van der Waals surface area (Å²) in [6, 6.07) is 11.7. The van der Waals surface area contributed by atoms with Gasteiger partial charge in [0.1, 0.15) is 0 Å². The molecule has 7 heteroatoms. The van der Waals surface area contributed by atoms with Crippen LogP contribution in [0.5, 0.6) is 0 Å². The molecule has 27 heavy (non-hydrogen) atoms. The number of benzene rings is 2. The summed E-state index contributed by atoms with van der Waals surface area (Å²) in [5.41, 5.74) is 5.05. The summed E-state index contributed by atoms with van der Waals surface area (Å²) in [7, 11) is 0. The first-order valence-electron chi connectivity index (χ1n) is 8.64. The van der Waals surface area contributed by atoms with Crippen LogP contribution in [0.4, 0.5) is 11.4 Å². The topological polar surface area (TPSA) is 88.0 Å². The van der Waals surface area contributed by atoms with Crippen LogP contribution in [0.25, 0.3) is 27.5 Å². The maximum Gasteiger partial charge on any atom is 0.250 e. The van der Waals surface area contributed by atoms with Crippen molar-refractivity contribution in [2.24, 2.45) is 4.99 Å². The first-order valence-corrected chi connectivity index (χ1v) is 8.64. The summed E-state index contributed by atoms with van der Waals surface area (Å²) in [5, 5.41) is 16.5. The van der Waals surface area contributed by atoms with E-state index < -0.39 is 0 Å². The van der Waals surface area contributed by atoms with Gasteiger partial charge in [-0.2, -0.15) is 10.2 Å². The highest BCUT2D eigenvalue weighted by molar-refractivity contribution is 6.11. The Balaban J connectivity index is 1.56. The van der Waals surface area contributed by atoms with Crippen LogP contribution in [0, 0.1) is 0 Å². The molecule has 4 aromatic rings. The van der Waals surface area contributed by atoms with Gasteiger partial charge in [-0.15, -0.1) is 0 Å². The van der Waals surface area contributed by atoms with E-state index in [0.29, 0.717) is 6.42 Å². The minimum absolute atomic E-state index is 0.161. The summed E-state index contributed by atoms with van der Waals surface area (Å²) in [6.45, 7) is 1.95. The molecule has 0 saturated carbocycles. The van der Waals surface area contributed by atoms with Gasteiger partial charge in [-0.25, -0.2) is 4.68 Å². The molecule has 7 nitrogen and oxygen atoms in total. The number of hydrogen-bond donors (Lipinski definition) is 2. The molecule has 0 bridgehead atoms. The lowest BCUT2D eigenvalue weighted by Gasteiger charge is -2.08. The van der Waals surface area contributed by atoms with E-state index in [0.717, 1.165) is 44.6 Å². The molecule has 0 fully saturated rings. The third-order valence-corrected chi connectivity index (χ3v) is 4.62. The number of fused-ring (bicyclic) bond motifs is 1. The SMILES string of the molecule is CC(CC1=CC(=O)Nc2cccc3cnn1c23)=Nc1cccc2cn[nH]c12. The van der Waals surface area contributed by atoms with E-state index in [1.165, 1.54) is 0 Å². The highest BCUT2D eigenvalue weighted by Crippen LogP contribution is 2.30. The molecule has 0 atom stereocenters. The molecular formula is C20H16N6O. The van der Waals surface area contributed by atoms with Gasteiger partial charge in [-0.05, 0) is 19.1 Å². The monoisotopic (exact) mass is 356 g/mol. The number of amides is 1. The number of aliphatic imine (C=N–C) groups is 1. The van der Waals surface area contributed by atoms with Crippen molar-refractivity contribution in [3.63, 3.8) is 0 Å². The maximum atomic E-state index is 12.3. The predicted octanol–water partition coefficient (Wildman–Crippen LogP) is 3.89. The fourth-order valence-electron chi connectivity index (χ4n) is 3.46. The molecular weight excluding hydrogens is 340 g/mol. The number of rotatable bonds is 3. The van der Waals surface area contributed by atoms with Gasteiger partial charge in [-0.1, -0.05) is 24.3 Å². The zero-order valence-electron chi connectivity index (χ0n) is 14.6. The lowest BCUT2D eigenvalue weighted by Crippen LogP contribution is -2.08. The van der Waals surface area contributed by atoms with Crippen molar-refractivity contribution in [3.8, 4) is 0 Å². The maximum absolute atomic E-state index is 12.3. The van der Waals surface area contributed by atoms with E-state index in [9.17, 15) is 4.79 Å². The molecule has 0 radical (unpaired) electrons.